The zero-order valence-electron chi connectivity index (χ0n) is 33.5. The van der Waals surface area contributed by atoms with Crippen LogP contribution in [0.5, 0.6) is 0 Å². The molecule has 2 heteroatoms. The molecule has 8 aromatic carbocycles. The first kappa shape index (κ1) is 36.2. The minimum atomic E-state index is 0.953. The molecule has 0 radical (unpaired) electrons. The summed E-state index contributed by atoms with van der Waals surface area (Å²) in [6.07, 6.45) is 0.953. The van der Waals surface area contributed by atoms with E-state index in [1.54, 1.807) is 0 Å². The molecule has 0 amide bonds. The summed E-state index contributed by atoms with van der Waals surface area (Å²) in [5, 5.41) is 0. The third kappa shape index (κ3) is 7.26. The largest absolute Gasteiger partial charge is 0.248 e. The van der Waals surface area contributed by atoms with Crippen molar-refractivity contribution in [3.63, 3.8) is 0 Å². The van der Waals surface area contributed by atoms with E-state index in [-0.39, 0.29) is 0 Å². The van der Waals surface area contributed by atoms with E-state index in [1.807, 2.05) is 24.3 Å². The summed E-state index contributed by atoms with van der Waals surface area (Å²) in [4.78, 5) is 10.2. The zero-order valence-corrected chi connectivity index (χ0v) is 33.5. The van der Waals surface area contributed by atoms with E-state index in [0.717, 1.165) is 62.6 Å². The van der Waals surface area contributed by atoms with Gasteiger partial charge in [0.05, 0.1) is 22.8 Å². The number of hydrogen-bond donors (Lipinski definition) is 0. The third-order valence-electron chi connectivity index (χ3n) is 11.9. The van der Waals surface area contributed by atoms with Crippen LogP contribution in [-0.2, 0) is 6.42 Å². The van der Waals surface area contributed by atoms with E-state index in [4.69, 9.17) is 9.97 Å². The molecule has 0 atom stereocenters. The SMILES string of the molecule is c1ccc(-c2cc(-c3ccc(-c4ccc5c(c4)-c4cc(-c6ccc(-c7cc(-c8ccccc8)nc(-c8ccccc8)c7)cc6)ccc4C5)cc3)cc(-c3ccccc3)n2)cc1. The van der Waals surface area contributed by atoms with E-state index in [1.165, 1.54) is 55.6 Å². The number of hydrogen-bond acceptors (Lipinski definition) is 2. The first-order chi connectivity index (χ1) is 30.2. The summed E-state index contributed by atoms with van der Waals surface area (Å²) < 4.78 is 0. The van der Waals surface area contributed by atoms with Crippen molar-refractivity contribution in [3.8, 4) is 101 Å². The zero-order chi connectivity index (χ0) is 40.5. The van der Waals surface area contributed by atoms with Gasteiger partial charge in [-0.3, -0.25) is 0 Å². The fourth-order valence-corrected chi connectivity index (χ4v) is 8.66. The Bertz CT molecular complexity index is 2820. The maximum absolute atomic E-state index is 5.08. The van der Waals surface area contributed by atoms with Crippen molar-refractivity contribution < 1.29 is 0 Å². The second-order valence-electron chi connectivity index (χ2n) is 15.8. The van der Waals surface area contributed by atoms with Crippen molar-refractivity contribution in [2.45, 2.75) is 6.42 Å². The van der Waals surface area contributed by atoms with Gasteiger partial charge >= 0.3 is 0 Å². The molecule has 286 valence electrons. The lowest BCUT2D eigenvalue weighted by atomic mass is 9.94. The Morgan fingerprint density at radius 3 is 0.770 bits per heavy atom. The van der Waals surface area contributed by atoms with Gasteiger partial charge in [0, 0.05) is 22.3 Å². The maximum atomic E-state index is 5.08. The van der Waals surface area contributed by atoms with Gasteiger partial charge in [-0.25, -0.2) is 9.97 Å². The fraction of sp³-hybridized carbons (Fsp3) is 0.0169. The smallest absolute Gasteiger partial charge is 0.0715 e. The summed E-state index contributed by atoms with van der Waals surface area (Å²) in [5.74, 6) is 0. The normalized spacial score (nSPS) is 11.5. The van der Waals surface area contributed by atoms with Gasteiger partial charge in [0.15, 0.2) is 0 Å². The standard InChI is InChI=1S/C59H40N2/c1-5-13-44(14-6-1)56-36-52(37-57(60-56)45-15-7-2-8-16-45)42-25-21-40(22-26-42)48-29-31-50-33-51-32-30-49(35-55(51)54(50)34-48)41-23-27-43(28-24-41)53-38-58(46-17-9-3-10-18-46)61-59(39-53)47-19-11-4-12-20-47/h1-32,34-39H,33H2. The number of fused-ring (bicyclic) bond motifs is 3. The molecule has 61 heavy (non-hydrogen) atoms. The molecule has 11 rings (SSSR count). The highest BCUT2D eigenvalue weighted by Crippen LogP contribution is 2.42. The average molecular weight is 777 g/mol. The van der Waals surface area contributed by atoms with Crippen molar-refractivity contribution >= 4 is 0 Å². The van der Waals surface area contributed by atoms with Crippen molar-refractivity contribution in [2.75, 3.05) is 0 Å². The van der Waals surface area contributed by atoms with Gasteiger partial charge in [-0.1, -0.05) is 194 Å². The lowest BCUT2D eigenvalue weighted by Crippen LogP contribution is -1.91. The summed E-state index contributed by atoms with van der Waals surface area (Å²) in [6.45, 7) is 0. The minimum Gasteiger partial charge on any atom is -0.248 e. The molecular weight excluding hydrogens is 737 g/mol. The monoisotopic (exact) mass is 776 g/mol. The molecule has 0 saturated heterocycles. The van der Waals surface area contributed by atoms with Gasteiger partial charge in [-0.2, -0.15) is 0 Å². The van der Waals surface area contributed by atoms with Crippen molar-refractivity contribution in [2.24, 2.45) is 0 Å². The van der Waals surface area contributed by atoms with Gasteiger partial charge in [-0.05, 0) is 110 Å². The van der Waals surface area contributed by atoms with Crippen LogP contribution in [-0.4, -0.2) is 9.97 Å². The molecule has 0 fully saturated rings. The number of aromatic nitrogens is 2. The van der Waals surface area contributed by atoms with Crippen LogP contribution >= 0.6 is 0 Å². The van der Waals surface area contributed by atoms with Gasteiger partial charge in [0.25, 0.3) is 0 Å². The molecule has 1 aliphatic carbocycles. The first-order valence-corrected chi connectivity index (χ1v) is 20.9. The van der Waals surface area contributed by atoms with Crippen LogP contribution in [0.15, 0.2) is 231 Å². The first-order valence-electron chi connectivity index (χ1n) is 20.9. The highest BCUT2D eigenvalue weighted by atomic mass is 14.7. The molecule has 10 aromatic rings. The number of benzene rings is 8. The summed E-state index contributed by atoms with van der Waals surface area (Å²) in [7, 11) is 0. The molecule has 2 nitrogen and oxygen atoms in total. The lowest BCUT2D eigenvalue weighted by molar-refractivity contribution is 1.26. The van der Waals surface area contributed by atoms with Crippen molar-refractivity contribution in [1.29, 1.82) is 0 Å². The fourth-order valence-electron chi connectivity index (χ4n) is 8.66. The Morgan fingerprint density at radius 1 is 0.213 bits per heavy atom. The molecular formula is C59H40N2. The van der Waals surface area contributed by atoms with Gasteiger partial charge in [0.1, 0.15) is 0 Å². The van der Waals surface area contributed by atoms with Crippen LogP contribution in [0.2, 0.25) is 0 Å². The van der Waals surface area contributed by atoms with E-state index in [9.17, 15) is 0 Å². The van der Waals surface area contributed by atoms with Crippen LogP contribution in [0.25, 0.3) is 101 Å². The maximum Gasteiger partial charge on any atom is 0.0715 e. The molecule has 1 aliphatic rings. The summed E-state index contributed by atoms with van der Waals surface area (Å²) >= 11 is 0. The number of rotatable bonds is 8. The minimum absolute atomic E-state index is 0.953. The molecule has 0 aliphatic heterocycles. The third-order valence-corrected chi connectivity index (χ3v) is 11.9. The van der Waals surface area contributed by atoms with E-state index < -0.39 is 0 Å². The average Bonchev–Trinajstić information content (AvgIpc) is 3.72. The van der Waals surface area contributed by atoms with E-state index >= 15 is 0 Å². The molecule has 0 saturated carbocycles. The van der Waals surface area contributed by atoms with E-state index in [2.05, 4.69) is 206 Å². The Morgan fingerprint density at radius 2 is 0.475 bits per heavy atom. The molecule has 0 bridgehead atoms. The van der Waals surface area contributed by atoms with Crippen LogP contribution in [0.4, 0.5) is 0 Å². The topological polar surface area (TPSA) is 25.8 Å². The van der Waals surface area contributed by atoms with Gasteiger partial charge in [-0.15, -0.1) is 0 Å². The summed E-state index contributed by atoms with van der Waals surface area (Å²) in [5.41, 5.74) is 23.2. The highest BCUT2D eigenvalue weighted by Gasteiger charge is 2.20. The Balaban J connectivity index is 0.883. The van der Waals surface area contributed by atoms with Gasteiger partial charge < -0.3 is 0 Å². The Hall–Kier alpha value is -7.94. The predicted octanol–water partition coefficient (Wildman–Crippen LogP) is 15.4. The quantitative estimate of drug-likeness (QED) is 0.154. The Labute approximate surface area is 357 Å². The molecule has 2 aromatic heterocycles. The second kappa shape index (κ2) is 15.7. The number of nitrogens with zero attached hydrogens (tertiary/aromatic N) is 2. The second-order valence-corrected chi connectivity index (χ2v) is 15.8. The molecule has 0 unspecified atom stereocenters. The molecule has 0 N–H and O–H groups in total. The summed E-state index contributed by atoms with van der Waals surface area (Å²) in [6, 6.07) is 82.5. The van der Waals surface area contributed by atoms with Crippen LogP contribution < -0.4 is 0 Å². The van der Waals surface area contributed by atoms with Crippen molar-refractivity contribution in [1.82, 2.24) is 9.97 Å². The lowest BCUT2D eigenvalue weighted by Gasteiger charge is -2.12. The Kier molecular flexibility index (Phi) is 9.29. The molecule has 0 spiro atoms. The predicted molar refractivity (Wildman–Crippen MR) is 254 cm³/mol. The van der Waals surface area contributed by atoms with Crippen LogP contribution in [0.3, 0.4) is 0 Å². The number of pyridine rings is 2. The molecule has 2 heterocycles. The van der Waals surface area contributed by atoms with Crippen molar-refractivity contribution in [3.05, 3.63) is 242 Å². The van der Waals surface area contributed by atoms with Gasteiger partial charge in [0.2, 0.25) is 0 Å². The van der Waals surface area contributed by atoms with E-state index in [0.29, 0.717) is 0 Å². The van der Waals surface area contributed by atoms with Crippen LogP contribution in [0.1, 0.15) is 11.1 Å². The van der Waals surface area contributed by atoms with Crippen LogP contribution in [0, 0.1) is 0 Å². The highest BCUT2D eigenvalue weighted by molar-refractivity contribution is 5.86.